The van der Waals surface area contributed by atoms with E-state index in [0.29, 0.717) is 29.9 Å². The number of oxime groups is 1. The first-order valence-electron chi connectivity index (χ1n) is 11.3. The minimum Gasteiger partial charge on any atom is -0.497 e. The molecule has 2 unspecified atom stereocenters. The molecule has 9 heteroatoms. The van der Waals surface area contributed by atoms with Crippen LogP contribution >= 0.6 is 0 Å². The van der Waals surface area contributed by atoms with Crippen molar-refractivity contribution in [3.63, 3.8) is 0 Å². The Kier molecular flexibility index (Phi) is 5.93. The fraction of sp³-hybridized carbons (Fsp3) is 0.423. The van der Waals surface area contributed by atoms with E-state index in [-0.39, 0.29) is 18.0 Å². The summed E-state index contributed by atoms with van der Waals surface area (Å²) in [6.07, 6.45) is -3.08. The molecule has 2 fully saturated rings. The van der Waals surface area contributed by atoms with Crippen LogP contribution in [0.5, 0.6) is 5.75 Å². The van der Waals surface area contributed by atoms with Gasteiger partial charge in [-0.1, -0.05) is 32.0 Å². The van der Waals surface area contributed by atoms with Crippen molar-refractivity contribution in [1.29, 1.82) is 0 Å². The van der Waals surface area contributed by atoms with E-state index >= 15 is 0 Å². The molecule has 0 aromatic heterocycles. The van der Waals surface area contributed by atoms with E-state index in [2.05, 4.69) is 10.5 Å². The second-order valence-corrected chi connectivity index (χ2v) is 9.89. The molecule has 2 aromatic rings. The number of hydrogen-bond acceptors (Lipinski definition) is 5. The van der Waals surface area contributed by atoms with Gasteiger partial charge < -0.3 is 14.9 Å². The Hall–Kier alpha value is -3.36. The van der Waals surface area contributed by atoms with Crippen LogP contribution in [0.15, 0.2) is 53.7 Å². The highest BCUT2D eigenvalue weighted by Gasteiger charge is 2.71. The molecule has 2 aliphatic rings. The molecule has 0 heterocycles. The number of methoxy groups -OCH3 is 1. The minimum atomic E-state index is -4.51. The van der Waals surface area contributed by atoms with Gasteiger partial charge in [-0.25, -0.2) is 4.79 Å². The third kappa shape index (κ3) is 3.96. The molecule has 0 aliphatic heterocycles. The topological polar surface area (TPSA) is 77.0 Å². The largest absolute Gasteiger partial charge is 0.497 e. The van der Waals surface area contributed by atoms with Crippen LogP contribution in [0, 0.1) is 16.2 Å². The van der Waals surface area contributed by atoms with Crippen molar-refractivity contribution < 1.29 is 32.3 Å². The monoisotopic (exact) mass is 488 g/mol. The van der Waals surface area contributed by atoms with E-state index in [1.165, 1.54) is 19.2 Å². The number of carbonyl (C=O) groups excluding carboxylic acids is 2. The second-order valence-electron chi connectivity index (χ2n) is 9.89. The van der Waals surface area contributed by atoms with Crippen LogP contribution in [0.25, 0.3) is 0 Å². The number of fused-ring (bicyclic) bond motifs is 2. The van der Waals surface area contributed by atoms with E-state index in [9.17, 15) is 22.8 Å². The number of carbonyl (C=O) groups is 2. The van der Waals surface area contributed by atoms with E-state index < -0.39 is 34.0 Å². The molecule has 2 saturated carbocycles. The van der Waals surface area contributed by atoms with Crippen molar-refractivity contribution in [2.75, 3.05) is 12.4 Å². The van der Waals surface area contributed by atoms with Gasteiger partial charge in [0.1, 0.15) is 5.75 Å². The number of nitrogens with one attached hydrogen (secondary N) is 1. The molecule has 2 aliphatic carbocycles. The average Bonchev–Trinajstić information content (AvgIpc) is 3.13. The normalized spacial score (nSPS) is 26.0. The molecule has 6 nitrogen and oxygen atoms in total. The molecular weight excluding hydrogens is 461 g/mol. The zero-order valence-corrected chi connectivity index (χ0v) is 20.0. The zero-order valence-electron chi connectivity index (χ0n) is 20.0. The van der Waals surface area contributed by atoms with Gasteiger partial charge in [0, 0.05) is 17.5 Å². The number of nitrogens with zero attached hydrogens (tertiary/aromatic N) is 1. The number of amides is 1. The van der Waals surface area contributed by atoms with E-state index in [1.54, 1.807) is 24.3 Å². The summed E-state index contributed by atoms with van der Waals surface area (Å²) in [4.78, 5) is 31.3. The molecule has 1 amide bonds. The fourth-order valence-electron chi connectivity index (χ4n) is 5.42. The maximum absolute atomic E-state index is 13.5. The van der Waals surface area contributed by atoms with Crippen LogP contribution in [-0.2, 0) is 15.8 Å². The Balaban J connectivity index is 1.56. The molecule has 35 heavy (non-hydrogen) atoms. The van der Waals surface area contributed by atoms with E-state index in [0.717, 1.165) is 12.1 Å². The predicted molar refractivity (Wildman–Crippen MR) is 124 cm³/mol. The lowest BCUT2D eigenvalue weighted by atomic mass is 9.64. The van der Waals surface area contributed by atoms with Crippen LogP contribution in [0.2, 0.25) is 0 Å². The van der Waals surface area contributed by atoms with Crippen LogP contribution < -0.4 is 10.1 Å². The lowest BCUT2D eigenvalue weighted by Crippen LogP contribution is -2.43. The third-order valence-electron chi connectivity index (χ3n) is 8.18. The summed E-state index contributed by atoms with van der Waals surface area (Å²) in [6.45, 7) is 5.90. The Labute approximate surface area is 201 Å². The van der Waals surface area contributed by atoms with Crippen LogP contribution in [-0.4, -0.2) is 24.7 Å². The molecule has 4 rings (SSSR count). The molecule has 186 valence electrons. The number of benzene rings is 2. The maximum atomic E-state index is 13.5. The lowest BCUT2D eigenvalue weighted by molar-refractivity contribution is -0.137. The van der Waals surface area contributed by atoms with Gasteiger partial charge in [-0.05, 0) is 60.7 Å². The van der Waals surface area contributed by atoms with Gasteiger partial charge in [-0.2, -0.15) is 13.2 Å². The highest BCUT2D eigenvalue weighted by atomic mass is 19.4. The summed E-state index contributed by atoms with van der Waals surface area (Å²) in [6, 6.07) is 11.0. The van der Waals surface area contributed by atoms with Crippen molar-refractivity contribution >= 4 is 23.3 Å². The van der Waals surface area contributed by atoms with Crippen LogP contribution in [0.4, 0.5) is 18.9 Å². The Morgan fingerprint density at radius 3 is 2.34 bits per heavy atom. The van der Waals surface area contributed by atoms with Gasteiger partial charge in [0.05, 0.1) is 29.4 Å². The fourth-order valence-corrected chi connectivity index (χ4v) is 5.42. The molecule has 0 radical (unpaired) electrons. The van der Waals surface area contributed by atoms with Crippen molar-refractivity contribution in [3.8, 4) is 5.75 Å². The Morgan fingerprint density at radius 2 is 1.71 bits per heavy atom. The molecular formula is C26H27F3N2O4. The maximum Gasteiger partial charge on any atom is 0.416 e. The van der Waals surface area contributed by atoms with Gasteiger partial charge in [0.15, 0.2) is 0 Å². The number of rotatable bonds is 5. The van der Waals surface area contributed by atoms with Crippen molar-refractivity contribution in [3.05, 3.63) is 59.7 Å². The second kappa shape index (κ2) is 8.39. The highest BCUT2D eigenvalue weighted by Crippen LogP contribution is 2.71. The summed E-state index contributed by atoms with van der Waals surface area (Å²) in [7, 11) is 1.52. The molecule has 2 bridgehead atoms. The molecule has 2 atom stereocenters. The average molecular weight is 489 g/mol. The third-order valence-corrected chi connectivity index (χ3v) is 8.18. The summed E-state index contributed by atoms with van der Waals surface area (Å²) < 4.78 is 44.4. The predicted octanol–water partition coefficient (Wildman–Crippen LogP) is 6.08. The summed E-state index contributed by atoms with van der Waals surface area (Å²) in [5.41, 5.74) is -1.84. The number of alkyl halides is 3. The quantitative estimate of drug-likeness (QED) is 0.409. The number of ether oxygens (including phenoxy) is 1. The lowest BCUT2D eigenvalue weighted by Gasteiger charge is -2.39. The standard InChI is InChI=1S/C26H27F3N2O4/c1-23(2)24(3)12-13-25(23,22(33)30-18-7-5-6-17(14-18)26(27,28)29)15-20(24)31-35-21(32)16-8-10-19(34-4)11-9-16/h5-11,14H,12-13,15H2,1-4H3,(H,30,33). The van der Waals surface area contributed by atoms with E-state index in [1.807, 2.05) is 20.8 Å². The Morgan fingerprint density at radius 1 is 1.03 bits per heavy atom. The van der Waals surface area contributed by atoms with Crippen LogP contribution in [0.1, 0.15) is 56.0 Å². The first-order chi connectivity index (χ1) is 16.3. The Bertz CT molecular complexity index is 1190. The first-order valence-corrected chi connectivity index (χ1v) is 11.3. The van der Waals surface area contributed by atoms with Gasteiger partial charge >= 0.3 is 12.1 Å². The van der Waals surface area contributed by atoms with Crippen LogP contribution in [0.3, 0.4) is 0 Å². The molecule has 0 spiro atoms. The SMILES string of the molecule is COc1ccc(C(=O)ON=C2CC3(C(=O)Nc4cccc(C(F)(F)F)c4)CCC2(C)C3(C)C)cc1. The number of hydrogen-bond donors (Lipinski definition) is 1. The number of halogens is 3. The van der Waals surface area contributed by atoms with Gasteiger partial charge in [-0.3, -0.25) is 4.79 Å². The van der Waals surface area contributed by atoms with Crippen molar-refractivity contribution in [2.24, 2.45) is 21.4 Å². The number of anilines is 1. The van der Waals surface area contributed by atoms with Gasteiger partial charge in [0.25, 0.3) is 0 Å². The highest BCUT2D eigenvalue weighted by molar-refractivity contribution is 6.06. The van der Waals surface area contributed by atoms with Crippen molar-refractivity contribution in [1.82, 2.24) is 0 Å². The zero-order chi connectivity index (χ0) is 25.6. The first kappa shape index (κ1) is 24.8. The van der Waals surface area contributed by atoms with Crippen molar-refractivity contribution in [2.45, 2.75) is 46.2 Å². The summed E-state index contributed by atoms with van der Waals surface area (Å²) in [5.74, 6) is -0.395. The molecule has 0 saturated heterocycles. The smallest absolute Gasteiger partial charge is 0.416 e. The summed E-state index contributed by atoms with van der Waals surface area (Å²) in [5, 5.41) is 6.88. The minimum absolute atomic E-state index is 0.0833. The van der Waals surface area contributed by atoms with Gasteiger partial charge in [-0.15, -0.1) is 0 Å². The van der Waals surface area contributed by atoms with E-state index in [4.69, 9.17) is 9.57 Å². The molecule has 1 N–H and O–H groups in total. The summed E-state index contributed by atoms with van der Waals surface area (Å²) >= 11 is 0. The molecule has 2 aromatic carbocycles. The van der Waals surface area contributed by atoms with Gasteiger partial charge in [0.2, 0.25) is 5.91 Å².